The smallest absolute Gasteiger partial charge is 0.251 e. The Morgan fingerprint density at radius 1 is 0.886 bits per heavy atom. The predicted molar refractivity (Wildman–Crippen MR) is 132 cm³/mol. The Kier molecular flexibility index (Phi) is 4.19. The van der Waals surface area contributed by atoms with E-state index in [2.05, 4.69) is 15.5 Å². The van der Waals surface area contributed by atoms with E-state index in [1.807, 2.05) is 42.5 Å². The molecule has 0 aromatic heterocycles. The lowest BCUT2D eigenvalue weighted by Crippen LogP contribution is -2.62. The van der Waals surface area contributed by atoms with Crippen LogP contribution in [0.5, 0.6) is 0 Å². The first-order valence-corrected chi connectivity index (χ1v) is 12.3. The van der Waals surface area contributed by atoms with Crippen molar-refractivity contribution >= 4 is 40.6 Å². The van der Waals surface area contributed by atoms with Gasteiger partial charge < -0.3 is 10.6 Å². The number of hydrogen-bond donors (Lipinski definition) is 2. The largest absolute Gasteiger partial charge is 0.325 e. The minimum Gasteiger partial charge on any atom is -0.325 e. The van der Waals surface area contributed by atoms with Crippen molar-refractivity contribution < 1.29 is 14.4 Å². The molecule has 4 heterocycles. The molecule has 0 radical (unpaired) electrons. The van der Waals surface area contributed by atoms with Crippen LogP contribution in [0, 0.1) is 5.92 Å². The quantitative estimate of drug-likeness (QED) is 0.531. The van der Waals surface area contributed by atoms with Crippen molar-refractivity contribution in [1.29, 1.82) is 0 Å². The molecular weight excluding hydrogens is 462 g/mol. The van der Waals surface area contributed by atoms with Gasteiger partial charge in [0.1, 0.15) is 11.0 Å². The Bertz CT molecular complexity index is 1440. The number of anilines is 2. The van der Waals surface area contributed by atoms with E-state index in [0.717, 1.165) is 12.8 Å². The summed E-state index contributed by atoms with van der Waals surface area (Å²) in [5.74, 6) is -1.46. The van der Waals surface area contributed by atoms with Gasteiger partial charge in [0.15, 0.2) is 5.78 Å². The van der Waals surface area contributed by atoms with E-state index >= 15 is 0 Å². The topological polar surface area (TPSA) is 78.5 Å². The fourth-order valence-electron chi connectivity index (χ4n) is 7.33. The number of carbonyl (C=O) groups excluding carboxylic acids is 3. The van der Waals surface area contributed by atoms with Gasteiger partial charge in [-0.15, -0.1) is 0 Å². The van der Waals surface area contributed by atoms with Crippen LogP contribution in [0.15, 0.2) is 72.8 Å². The maximum absolute atomic E-state index is 14.4. The summed E-state index contributed by atoms with van der Waals surface area (Å²) in [7, 11) is 0. The van der Waals surface area contributed by atoms with Crippen molar-refractivity contribution in [2.24, 2.45) is 5.92 Å². The molecule has 2 saturated heterocycles. The fourth-order valence-corrected chi connectivity index (χ4v) is 7.50. The minimum atomic E-state index is -1.44. The molecular formula is C28H22ClN3O3. The van der Waals surface area contributed by atoms with Gasteiger partial charge in [0.2, 0.25) is 5.91 Å². The normalized spacial score (nSPS) is 30.3. The van der Waals surface area contributed by atoms with Gasteiger partial charge in [-0.2, -0.15) is 0 Å². The first-order valence-electron chi connectivity index (χ1n) is 11.9. The lowest BCUT2D eigenvalue weighted by Gasteiger charge is -2.43. The highest BCUT2D eigenvalue weighted by Gasteiger charge is 2.81. The zero-order chi connectivity index (χ0) is 23.9. The molecule has 3 aromatic carbocycles. The molecule has 0 aliphatic carbocycles. The van der Waals surface area contributed by atoms with Gasteiger partial charge in [0, 0.05) is 33.6 Å². The van der Waals surface area contributed by atoms with E-state index in [0.29, 0.717) is 39.6 Å². The highest BCUT2D eigenvalue weighted by Crippen LogP contribution is 2.67. The summed E-state index contributed by atoms with van der Waals surface area (Å²) in [5.41, 5.74) is 0.347. The second-order valence-corrected chi connectivity index (χ2v) is 10.2. The van der Waals surface area contributed by atoms with E-state index in [-0.39, 0.29) is 23.6 Å². The van der Waals surface area contributed by atoms with Crippen LogP contribution in [-0.2, 0) is 20.5 Å². The average Bonchev–Trinajstić information content (AvgIpc) is 3.58. The number of benzene rings is 3. The van der Waals surface area contributed by atoms with Crippen molar-refractivity contribution in [2.75, 3.05) is 17.2 Å². The molecule has 4 aliphatic heterocycles. The maximum atomic E-state index is 14.4. The molecule has 4 aliphatic rings. The lowest BCUT2D eigenvalue weighted by atomic mass is 9.57. The first kappa shape index (κ1) is 20.9. The predicted octanol–water partition coefficient (Wildman–Crippen LogP) is 4.35. The van der Waals surface area contributed by atoms with E-state index in [9.17, 15) is 14.4 Å². The van der Waals surface area contributed by atoms with E-state index < -0.39 is 16.9 Å². The second kappa shape index (κ2) is 7.03. The molecule has 2 N–H and O–H groups in total. The van der Waals surface area contributed by atoms with Gasteiger partial charge >= 0.3 is 0 Å². The third-order valence-corrected chi connectivity index (χ3v) is 8.63. The summed E-state index contributed by atoms with van der Waals surface area (Å²) >= 11 is 6.48. The number of amides is 2. The van der Waals surface area contributed by atoms with Crippen molar-refractivity contribution in [3.63, 3.8) is 0 Å². The summed E-state index contributed by atoms with van der Waals surface area (Å²) in [4.78, 5) is 45.1. The third kappa shape index (κ3) is 2.32. The summed E-state index contributed by atoms with van der Waals surface area (Å²) in [5, 5.41) is 6.56. The summed E-state index contributed by atoms with van der Waals surface area (Å²) in [6, 6.07) is 21.6. The van der Waals surface area contributed by atoms with Gasteiger partial charge in [-0.1, -0.05) is 60.1 Å². The minimum absolute atomic E-state index is 0.116. The first-order chi connectivity index (χ1) is 17.0. The van der Waals surface area contributed by atoms with Gasteiger partial charge in [-0.05, 0) is 49.2 Å². The van der Waals surface area contributed by atoms with Crippen LogP contribution in [0.2, 0.25) is 5.02 Å². The third-order valence-electron chi connectivity index (χ3n) is 8.40. The van der Waals surface area contributed by atoms with Gasteiger partial charge in [-0.25, -0.2) is 0 Å². The molecule has 2 amide bonds. The van der Waals surface area contributed by atoms with Crippen LogP contribution in [-0.4, -0.2) is 35.1 Å². The Morgan fingerprint density at radius 2 is 1.60 bits per heavy atom. The van der Waals surface area contributed by atoms with Crippen molar-refractivity contribution in [3.8, 4) is 0 Å². The van der Waals surface area contributed by atoms with E-state index in [4.69, 9.17) is 11.6 Å². The number of nitrogens with one attached hydrogen (secondary N) is 2. The molecule has 3 aromatic rings. The summed E-state index contributed by atoms with van der Waals surface area (Å²) in [6.45, 7) is 0.611. The summed E-state index contributed by atoms with van der Waals surface area (Å²) in [6.07, 6.45) is 1.57. The molecule has 2 spiro atoms. The number of fused-ring (bicyclic) bond motifs is 7. The number of para-hydroxylation sites is 1. The van der Waals surface area contributed by atoms with Gasteiger partial charge in [0.05, 0.1) is 5.92 Å². The number of nitrogens with zero attached hydrogens (tertiary/aromatic N) is 1. The van der Waals surface area contributed by atoms with Crippen LogP contribution >= 0.6 is 11.6 Å². The Morgan fingerprint density at radius 3 is 2.43 bits per heavy atom. The molecule has 4 atom stereocenters. The van der Waals surface area contributed by atoms with Crippen LogP contribution in [0.25, 0.3) is 0 Å². The number of carbonyl (C=O) groups is 3. The summed E-state index contributed by atoms with van der Waals surface area (Å²) < 4.78 is 0. The molecule has 0 saturated carbocycles. The van der Waals surface area contributed by atoms with E-state index in [1.165, 1.54) is 0 Å². The molecule has 2 fully saturated rings. The Labute approximate surface area is 207 Å². The Hall–Kier alpha value is -3.48. The van der Waals surface area contributed by atoms with Crippen LogP contribution in [0.3, 0.4) is 0 Å². The fraction of sp³-hybridized carbons (Fsp3) is 0.250. The second-order valence-electron chi connectivity index (χ2n) is 9.77. The van der Waals surface area contributed by atoms with Crippen molar-refractivity contribution in [2.45, 2.75) is 29.8 Å². The van der Waals surface area contributed by atoms with Gasteiger partial charge in [-0.3, -0.25) is 19.3 Å². The molecule has 4 unspecified atom stereocenters. The van der Waals surface area contributed by atoms with Crippen LogP contribution in [0.4, 0.5) is 11.4 Å². The Balaban J connectivity index is 1.61. The standard InChI is InChI=1S/C28H22ClN3O3/c29-17-12-13-21-19(15-17)28(26(35)31-21)27(18-9-4-5-10-20(18)30-25(27)34)23(22-11-6-14-32(22)28)24(33)16-7-2-1-3-8-16/h1-5,7-10,12-13,15,22-23H,6,11,14H2,(H,30,34)(H,31,35). The molecule has 6 nitrogen and oxygen atoms in total. The van der Waals surface area contributed by atoms with Crippen LogP contribution in [0.1, 0.15) is 34.3 Å². The zero-order valence-electron chi connectivity index (χ0n) is 18.8. The zero-order valence-corrected chi connectivity index (χ0v) is 19.5. The number of hydrogen-bond acceptors (Lipinski definition) is 4. The lowest BCUT2D eigenvalue weighted by molar-refractivity contribution is -0.137. The number of halogens is 1. The molecule has 174 valence electrons. The molecule has 35 heavy (non-hydrogen) atoms. The average molecular weight is 484 g/mol. The number of ketones is 1. The molecule has 7 rings (SSSR count). The number of Topliss-reactive ketones (excluding diaryl/α,β-unsaturated/α-hetero) is 1. The monoisotopic (exact) mass is 483 g/mol. The maximum Gasteiger partial charge on any atom is 0.251 e. The van der Waals surface area contributed by atoms with Crippen molar-refractivity contribution in [1.82, 2.24) is 4.90 Å². The highest BCUT2D eigenvalue weighted by molar-refractivity contribution is 6.31. The molecule has 7 heteroatoms. The van der Waals surface area contributed by atoms with Crippen molar-refractivity contribution in [3.05, 3.63) is 94.5 Å². The number of rotatable bonds is 2. The van der Waals surface area contributed by atoms with E-state index in [1.54, 1.807) is 30.3 Å². The molecule has 0 bridgehead atoms. The van der Waals surface area contributed by atoms with Gasteiger partial charge in [0.25, 0.3) is 5.91 Å². The highest BCUT2D eigenvalue weighted by atomic mass is 35.5. The van der Waals surface area contributed by atoms with Crippen LogP contribution < -0.4 is 10.6 Å². The SMILES string of the molecule is O=C(c1ccccc1)C1C2CCCN2C2(C(=O)Nc3ccc(Cl)cc32)C12C(=O)Nc1ccccc12.